The lowest BCUT2D eigenvalue weighted by Gasteiger charge is -2.03. The maximum Gasteiger partial charge on any atom is 0.128 e. The average Bonchev–Trinajstić information content (AvgIpc) is 2.31. The molecule has 1 rings (SSSR count). The highest BCUT2D eigenvalue weighted by Crippen LogP contribution is 2.06. The second-order valence-corrected chi connectivity index (χ2v) is 3.90. The summed E-state index contributed by atoms with van der Waals surface area (Å²) >= 11 is 3.31. The molecule has 0 atom stereocenters. The number of aryl methyl sites for hydroxylation is 1. The summed E-state index contributed by atoms with van der Waals surface area (Å²) in [5.74, 6) is 0.748. The van der Waals surface area contributed by atoms with Gasteiger partial charge >= 0.3 is 0 Å². The first kappa shape index (κ1) is 8.78. The van der Waals surface area contributed by atoms with Crippen LogP contribution in [0.3, 0.4) is 0 Å². The molecule has 0 radical (unpaired) electrons. The predicted octanol–water partition coefficient (Wildman–Crippen LogP) is 2.69. The van der Waals surface area contributed by atoms with Gasteiger partial charge in [-0.25, -0.2) is 0 Å². The summed E-state index contributed by atoms with van der Waals surface area (Å²) in [6.07, 6.45) is 3.18. The molecule has 0 N–H and O–H groups in total. The number of halogens is 1. The van der Waals surface area contributed by atoms with Gasteiger partial charge in [-0.15, -0.1) is 0 Å². The highest BCUT2D eigenvalue weighted by Gasteiger charge is 1.96. The quantitative estimate of drug-likeness (QED) is 0.761. The van der Waals surface area contributed by atoms with Crippen LogP contribution in [0.4, 0.5) is 0 Å². The minimum absolute atomic E-state index is 0.748. The van der Waals surface area contributed by atoms with E-state index in [1.54, 1.807) is 0 Å². The van der Waals surface area contributed by atoms with Gasteiger partial charge in [0.15, 0.2) is 0 Å². The number of hydrogen-bond acceptors (Lipinski definition) is 1. The Labute approximate surface area is 75.7 Å². The topological polar surface area (TPSA) is 17.8 Å². The average molecular weight is 217 g/mol. The Kier molecular flexibility index (Phi) is 3.12. The van der Waals surface area contributed by atoms with Crippen molar-refractivity contribution < 1.29 is 0 Å². The van der Waals surface area contributed by atoms with Crippen molar-refractivity contribution in [1.82, 2.24) is 9.78 Å². The minimum Gasteiger partial charge on any atom is -0.272 e. The first-order chi connectivity index (χ1) is 5.18. The third-order valence-electron chi connectivity index (χ3n) is 1.54. The van der Waals surface area contributed by atoms with Crippen LogP contribution in [-0.4, -0.2) is 9.78 Å². The first-order valence-electron chi connectivity index (χ1n) is 3.87. The lowest BCUT2D eigenvalue weighted by atomic mass is 10.1. The molecule has 3 heteroatoms. The van der Waals surface area contributed by atoms with Gasteiger partial charge in [-0.05, 0) is 34.3 Å². The van der Waals surface area contributed by atoms with Crippen molar-refractivity contribution >= 4 is 15.9 Å². The Morgan fingerprint density at radius 1 is 1.64 bits per heavy atom. The van der Waals surface area contributed by atoms with Gasteiger partial charge in [-0.1, -0.05) is 13.8 Å². The van der Waals surface area contributed by atoms with Crippen LogP contribution in [0.15, 0.2) is 16.9 Å². The number of rotatable bonds is 3. The third-order valence-corrected chi connectivity index (χ3v) is 1.97. The van der Waals surface area contributed by atoms with E-state index < -0.39 is 0 Å². The molecule has 0 aliphatic rings. The molecule has 0 bridgehead atoms. The van der Waals surface area contributed by atoms with Crippen LogP contribution in [-0.2, 0) is 6.54 Å². The summed E-state index contributed by atoms with van der Waals surface area (Å²) in [5, 5.41) is 4.22. The van der Waals surface area contributed by atoms with E-state index in [-0.39, 0.29) is 0 Å². The molecule has 11 heavy (non-hydrogen) atoms. The smallest absolute Gasteiger partial charge is 0.128 e. The van der Waals surface area contributed by atoms with Crippen molar-refractivity contribution in [3.05, 3.63) is 16.9 Å². The summed E-state index contributed by atoms with van der Waals surface area (Å²) < 4.78 is 2.88. The van der Waals surface area contributed by atoms with E-state index in [1.807, 2.05) is 16.9 Å². The van der Waals surface area contributed by atoms with Crippen LogP contribution in [0, 0.1) is 5.92 Å². The summed E-state index contributed by atoms with van der Waals surface area (Å²) in [6, 6.07) is 1.96. The zero-order valence-electron chi connectivity index (χ0n) is 6.92. The highest BCUT2D eigenvalue weighted by molar-refractivity contribution is 9.10. The number of hydrogen-bond donors (Lipinski definition) is 0. The standard InChI is InChI=1S/C8H13BrN2/c1-7(2)3-5-11-6-4-8(9)10-11/h4,6-7H,3,5H2,1-2H3. The lowest BCUT2D eigenvalue weighted by molar-refractivity contribution is 0.486. The molecule has 0 fully saturated rings. The van der Waals surface area contributed by atoms with E-state index in [2.05, 4.69) is 34.9 Å². The second kappa shape index (κ2) is 3.90. The maximum atomic E-state index is 4.22. The Bertz CT molecular complexity index is 218. The van der Waals surface area contributed by atoms with Crippen LogP contribution in [0.1, 0.15) is 20.3 Å². The molecule has 0 spiro atoms. The van der Waals surface area contributed by atoms with E-state index >= 15 is 0 Å². The van der Waals surface area contributed by atoms with Gasteiger partial charge in [-0.3, -0.25) is 4.68 Å². The summed E-state index contributed by atoms with van der Waals surface area (Å²) in [5.41, 5.74) is 0. The molecule has 1 heterocycles. The normalized spacial score (nSPS) is 10.9. The molecule has 0 saturated heterocycles. The summed E-state index contributed by atoms with van der Waals surface area (Å²) in [7, 11) is 0. The fourth-order valence-corrected chi connectivity index (χ4v) is 1.17. The van der Waals surface area contributed by atoms with Crippen molar-refractivity contribution in [3.8, 4) is 0 Å². The molecule has 0 amide bonds. The Morgan fingerprint density at radius 2 is 2.36 bits per heavy atom. The monoisotopic (exact) mass is 216 g/mol. The third kappa shape index (κ3) is 3.06. The number of nitrogens with zero attached hydrogens (tertiary/aromatic N) is 2. The highest BCUT2D eigenvalue weighted by atomic mass is 79.9. The summed E-state index contributed by atoms with van der Waals surface area (Å²) in [4.78, 5) is 0. The Morgan fingerprint density at radius 3 is 2.82 bits per heavy atom. The molecule has 0 aliphatic carbocycles. The first-order valence-corrected chi connectivity index (χ1v) is 4.66. The van der Waals surface area contributed by atoms with E-state index in [4.69, 9.17) is 0 Å². The van der Waals surface area contributed by atoms with Gasteiger partial charge < -0.3 is 0 Å². The molecule has 1 aromatic heterocycles. The van der Waals surface area contributed by atoms with Crippen molar-refractivity contribution in [2.24, 2.45) is 5.92 Å². The Hall–Kier alpha value is -0.310. The molecule has 0 saturated carbocycles. The second-order valence-electron chi connectivity index (χ2n) is 3.08. The van der Waals surface area contributed by atoms with Gasteiger partial charge in [0.25, 0.3) is 0 Å². The van der Waals surface area contributed by atoms with Gasteiger partial charge in [0, 0.05) is 12.7 Å². The SMILES string of the molecule is CC(C)CCn1ccc(Br)n1. The van der Waals surface area contributed by atoms with Crippen LogP contribution < -0.4 is 0 Å². The number of aromatic nitrogens is 2. The molecule has 0 aliphatic heterocycles. The minimum atomic E-state index is 0.748. The van der Waals surface area contributed by atoms with E-state index in [0.717, 1.165) is 17.1 Å². The zero-order chi connectivity index (χ0) is 8.27. The molecule has 2 nitrogen and oxygen atoms in total. The molecular weight excluding hydrogens is 204 g/mol. The van der Waals surface area contributed by atoms with Gasteiger partial charge in [0.05, 0.1) is 0 Å². The lowest BCUT2D eigenvalue weighted by Crippen LogP contribution is -2.01. The van der Waals surface area contributed by atoms with Crippen molar-refractivity contribution in [1.29, 1.82) is 0 Å². The van der Waals surface area contributed by atoms with Crippen LogP contribution >= 0.6 is 15.9 Å². The Balaban J connectivity index is 2.39. The molecular formula is C8H13BrN2. The van der Waals surface area contributed by atoms with Crippen LogP contribution in [0.2, 0.25) is 0 Å². The van der Waals surface area contributed by atoms with Crippen molar-refractivity contribution in [3.63, 3.8) is 0 Å². The van der Waals surface area contributed by atoms with E-state index in [1.165, 1.54) is 6.42 Å². The van der Waals surface area contributed by atoms with Crippen molar-refractivity contribution in [2.75, 3.05) is 0 Å². The molecule has 62 valence electrons. The largest absolute Gasteiger partial charge is 0.272 e. The van der Waals surface area contributed by atoms with E-state index in [9.17, 15) is 0 Å². The maximum absolute atomic E-state index is 4.22. The zero-order valence-corrected chi connectivity index (χ0v) is 8.50. The van der Waals surface area contributed by atoms with Crippen LogP contribution in [0.5, 0.6) is 0 Å². The fraction of sp³-hybridized carbons (Fsp3) is 0.625. The van der Waals surface area contributed by atoms with Gasteiger partial charge in [-0.2, -0.15) is 5.10 Å². The van der Waals surface area contributed by atoms with E-state index in [0.29, 0.717) is 0 Å². The van der Waals surface area contributed by atoms with Gasteiger partial charge in [0.2, 0.25) is 0 Å². The summed E-state index contributed by atoms with van der Waals surface area (Å²) in [6.45, 7) is 5.46. The van der Waals surface area contributed by atoms with Crippen molar-refractivity contribution in [2.45, 2.75) is 26.8 Å². The molecule has 0 unspecified atom stereocenters. The molecule has 1 aromatic rings. The predicted molar refractivity (Wildman–Crippen MR) is 49.4 cm³/mol. The fourth-order valence-electron chi connectivity index (χ4n) is 0.852. The molecule has 0 aromatic carbocycles. The van der Waals surface area contributed by atoms with Crippen LogP contribution in [0.25, 0.3) is 0 Å². The van der Waals surface area contributed by atoms with Gasteiger partial charge in [0.1, 0.15) is 4.60 Å².